The molecular weight excluding hydrogens is 341 g/mol. The van der Waals surface area contributed by atoms with E-state index in [1.165, 1.54) is 27.4 Å². The molecule has 4 aromatic rings. The molecule has 130 valence electrons. The number of aromatic nitrogens is 1. The van der Waals surface area contributed by atoms with Crippen LogP contribution in [0.15, 0.2) is 90.0 Å². The fourth-order valence-corrected chi connectivity index (χ4v) is 4.41. The minimum Gasteiger partial charge on any atom is -0.342 e. The maximum atomic E-state index is 13.5. The highest BCUT2D eigenvalue weighted by Crippen LogP contribution is 2.39. The van der Waals surface area contributed by atoms with Gasteiger partial charge in [0.2, 0.25) is 0 Å². The van der Waals surface area contributed by atoms with Gasteiger partial charge in [0.25, 0.3) is 0 Å². The molecule has 0 spiro atoms. The Kier molecular flexibility index (Phi) is 4.81. The standard InChI is InChI=1S/C23H20FNS/c1-17(19-9-3-2-4-10-19)26-23-16-25(22-13-6-5-12-21(22)23)15-18-8-7-11-20(24)14-18/h2-14,16-17H,15H2,1H3. The molecule has 0 amide bonds. The van der Waals surface area contributed by atoms with E-state index in [0.29, 0.717) is 11.8 Å². The van der Waals surface area contributed by atoms with Gasteiger partial charge in [-0.25, -0.2) is 4.39 Å². The second kappa shape index (κ2) is 7.38. The van der Waals surface area contributed by atoms with Crippen molar-refractivity contribution in [1.82, 2.24) is 4.57 Å². The van der Waals surface area contributed by atoms with Gasteiger partial charge in [-0.3, -0.25) is 0 Å². The van der Waals surface area contributed by atoms with Crippen LogP contribution in [0.2, 0.25) is 0 Å². The lowest BCUT2D eigenvalue weighted by atomic mass is 10.2. The molecular formula is C23H20FNS. The predicted octanol–water partition coefficient (Wildman–Crippen LogP) is 6.68. The van der Waals surface area contributed by atoms with E-state index in [4.69, 9.17) is 0 Å². The minimum atomic E-state index is -0.189. The largest absolute Gasteiger partial charge is 0.342 e. The molecule has 1 atom stereocenters. The van der Waals surface area contributed by atoms with Crippen molar-refractivity contribution in [2.24, 2.45) is 0 Å². The van der Waals surface area contributed by atoms with Crippen LogP contribution in [0.3, 0.4) is 0 Å². The third-order valence-corrected chi connectivity index (χ3v) is 5.77. The van der Waals surface area contributed by atoms with Gasteiger partial charge >= 0.3 is 0 Å². The van der Waals surface area contributed by atoms with Crippen LogP contribution in [0.25, 0.3) is 10.9 Å². The van der Waals surface area contributed by atoms with Crippen LogP contribution in [0.5, 0.6) is 0 Å². The summed E-state index contributed by atoms with van der Waals surface area (Å²) in [4.78, 5) is 1.26. The summed E-state index contributed by atoms with van der Waals surface area (Å²) in [5.41, 5.74) is 3.47. The highest BCUT2D eigenvalue weighted by molar-refractivity contribution is 7.99. The Morgan fingerprint density at radius 1 is 0.923 bits per heavy atom. The Balaban J connectivity index is 1.68. The second-order valence-corrected chi connectivity index (χ2v) is 7.82. The summed E-state index contributed by atoms with van der Waals surface area (Å²) in [6.07, 6.45) is 2.19. The van der Waals surface area contributed by atoms with E-state index in [9.17, 15) is 4.39 Å². The third kappa shape index (κ3) is 3.54. The summed E-state index contributed by atoms with van der Waals surface area (Å²) >= 11 is 1.87. The Morgan fingerprint density at radius 2 is 1.69 bits per heavy atom. The topological polar surface area (TPSA) is 4.93 Å². The van der Waals surface area contributed by atoms with Gasteiger partial charge in [0.15, 0.2) is 0 Å². The molecule has 3 aromatic carbocycles. The van der Waals surface area contributed by atoms with Crippen LogP contribution in [0.1, 0.15) is 23.3 Å². The van der Waals surface area contributed by atoms with Gasteiger partial charge in [-0.1, -0.05) is 60.7 Å². The molecule has 1 aromatic heterocycles. The van der Waals surface area contributed by atoms with Crippen molar-refractivity contribution in [3.63, 3.8) is 0 Å². The minimum absolute atomic E-state index is 0.189. The van der Waals surface area contributed by atoms with Crippen molar-refractivity contribution in [3.05, 3.63) is 102 Å². The van der Waals surface area contributed by atoms with Gasteiger partial charge in [-0.05, 0) is 36.2 Å². The summed E-state index contributed by atoms with van der Waals surface area (Å²) in [6.45, 7) is 2.90. The van der Waals surface area contributed by atoms with Crippen LogP contribution >= 0.6 is 11.8 Å². The average Bonchev–Trinajstić information content (AvgIpc) is 3.00. The monoisotopic (exact) mass is 361 g/mol. The Bertz CT molecular complexity index is 1020. The number of nitrogens with zero attached hydrogens (tertiary/aromatic N) is 1. The zero-order chi connectivity index (χ0) is 17.9. The van der Waals surface area contributed by atoms with E-state index < -0.39 is 0 Å². The van der Waals surface area contributed by atoms with Crippen molar-refractivity contribution in [2.45, 2.75) is 23.6 Å². The maximum Gasteiger partial charge on any atom is 0.123 e. The zero-order valence-corrected chi connectivity index (χ0v) is 15.4. The number of fused-ring (bicyclic) bond motifs is 1. The first-order valence-corrected chi connectivity index (χ1v) is 9.62. The van der Waals surface area contributed by atoms with Crippen molar-refractivity contribution in [3.8, 4) is 0 Å². The van der Waals surface area contributed by atoms with Crippen molar-refractivity contribution in [2.75, 3.05) is 0 Å². The molecule has 26 heavy (non-hydrogen) atoms. The van der Waals surface area contributed by atoms with Gasteiger partial charge in [0.05, 0.1) is 0 Å². The first-order valence-electron chi connectivity index (χ1n) is 8.74. The van der Waals surface area contributed by atoms with E-state index in [1.54, 1.807) is 12.1 Å². The molecule has 1 heterocycles. The number of thioether (sulfide) groups is 1. The molecule has 0 saturated heterocycles. The van der Waals surface area contributed by atoms with E-state index in [1.807, 2.05) is 23.9 Å². The van der Waals surface area contributed by atoms with Crippen molar-refractivity contribution >= 4 is 22.7 Å². The summed E-state index contributed by atoms with van der Waals surface area (Å²) in [5.74, 6) is -0.189. The molecule has 3 heteroatoms. The molecule has 0 aliphatic rings. The molecule has 1 unspecified atom stereocenters. The number of hydrogen-bond donors (Lipinski definition) is 0. The molecule has 1 nitrogen and oxygen atoms in total. The van der Waals surface area contributed by atoms with Crippen molar-refractivity contribution in [1.29, 1.82) is 0 Å². The number of hydrogen-bond acceptors (Lipinski definition) is 1. The fraction of sp³-hybridized carbons (Fsp3) is 0.130. The SMILES string of the molecule is CC(Sc1cn(Cc2cccc(F)c2)c2ccccc12)c1ccccc1. The van der Waals surface area contributed by atoms with Crippen LogP contribution in [0.4, 0.5) is 4.39 Å². The predicted molar refractivity (Wildman–Crippen MR) is 108 cm³/mol. The highest BCUT2D eigenvalue weighted by atomic mass is 32.2. The number of benzene rings is 3. The van der Waals surface area contributed by atoms with Gasteiger partial charge in [0, 0.05) is 33.8 Å². The molecule has 0 bridgehead atoms. The van der Waals surface area contributed by atoms with E-state index >= 15 is 0 Å². The van der Waals surface area contributed by atoms with E-state index in [2.05, 4.69) is 66.2 Å². The lowest BCUT2D eigenvalue weighted by Gasteiger charge is -2.10. The summed E-state index contributed by atoms with van der Waals surface area (Å²) < 4.78 is 15.7. The molecule has 0 radical (unpaired) electrons. The Morgan fingerprint density at radius 3 is 2.50 bits per heavy atom. The Hall–Kier alpha value is -2.52. The van der Waals surface area contributed by atoms with E-state index in [-0.39, 0.29) is 5.82 Å². The molecule has 0 aliphatic heterocycles. The zero-order valence-electron chi connectivity index (χ0n) is 14.6. The molecule has 0 N–H and O–H groups in total. The lowest BCUT2D eigenvalue weighted by Crippen LogP contribution is -1.98. The Labute approximate surface area is 157 Å². The number of rotatable bonds is 5. The van der Waals surface area contributed by atoms with Gasteiger partial charge < -0.3 is 4.57 Å². The van der Waals surface area contributed by atoms with Gasteiger partial charge in [-0.2, -0.15) is 0 Å². The van der Waals surface area contributed by atoms with Crippen LogP contribution in [0, 0.1) is 5.82 Å². The second-order valence-electron chi connectivity index (χ2n) is 6.44. The summed E-state index contributed by atoms with van der Waals surface area (Å²) in [6, 6.07) is 25.8. The number of halogens is 1. The van der Waals surface area contributed by atoms with Gasteiger partial charge in [-0.15, -0.1) is 11.8 Å². The molecule has 4 rings (SSSR count). The van der Waals surface area contributed by atoms with E-state index in [0.717, 1.165) is 5.56 Å². The first kappa shape index (κ1) is 16.9. The molecule has 0 aliphatic carbocycles. The van der Waals surface area contributed by atoms with Gasteiger partial charge in [0.1, 0.15) is 5.82 Å². The quantitative estimate of drug-likeness (QED) is 0.359. The highest BCUT2D eigenvalue weighted by Gasteiger charge is 2.13. The van der Waals surface area contributed by atoms with Crippen LogP contribution in [-0.4, -0.2) is 4.57 Å². The third-order valence-electron chi connectivity index (χ3n) is 4.57. The normalized spacial score (nSPS) is 12.4. The lowest BCUT2D eigenvalue weighted by molar-refractivity contribution is 0.624. The number of para-hydroxylation sites is 1. The molecule has 0 saturated carbocycles. The van der Waals surface area contributed by atoms with Crippen LogP contribution in [-0.2, 0) is 6.54 Å². The summed E-state index contributed by atoms with van der Waals surface area (Å²) in [7, 11) is 0. The fourth-order valence-electron chi connectivity index (χ4n) is 3.25. The van der Waals surface area contributed by atoms with Crippen molar-refractivity contribution < 1.29 is 4.39 Å². The average molecular weight is 361 g/mol. The van der Waals surface area contributed by atoms with Crippen LogP contribution < -0.4 is 0 Å². The summed E-state index contributed by atoms with van der Waals surface area (Å²) in [5, 5.41) is 1.61. The first-order chi connectivity index (χ1) is 12.7. The molecule has 0 fully saturated rings. The smallest absolute Gasteiger partial charge is 0.123 e. The maximum absolute atomic E-state index is 13.5.